The summed E-state index contributed by atoms with van der Waals surface area (Å²) >= 11 is 0. The van der Waals surface area contributed by atoms with Crippen LogP contribution in [-0.2, 0) is 0 Å². The van der Waals surface area contributed by atoms with Gasteiger partial charge in [0.1, 0.15) is 5.75 Å². The SMILES string of the molecule is CNc1nc(Nc2ccc(O)cc2)nc(Nc2cc(OC)c(OC)c(OC)c2)n1. The van der Waals surface area contributed by atoms with Crippen LogP contribution in [0, 0.1) is 0 Å². The Morgan fingerprint density at radius 2 is 1.24 bits per heavy atom. The van der Waals surface area contributed by atoms with E-state index >= 15 is 0 Å². The number of hydrogen-bond acceptors (Lipinski definition) is 10. The fourth-order valence-corrected chi connectivity index (χ4v) is 2.56. The Morgan fingerprint density at radius 3 is 1.72 bits per heavy atom. The van der Waals surface area contributed by atoms with Crippen molar-refractivity contribution in [2.45, 2.75) is 0 Å². The summed E-state index contributed by atoms with van der Waals surface area (Å²) in [7, 11) is 6.34. The van der Waals surface area contributed by atoms with Crippen molar-refractivity contribution in [3.63, 3.8) is 0 Å². The van der Waals surface area contributed by atoms with Crippen molar-refractivity contribution in [1.82, 2.24) is 15.0 Å². The zero-order chi connectivity index (χ0) is 20.8. The number of nitrogens with zero attached hydrogens (tertiary/aromatic N) is 3. The average molecular weight is 398 g/mol. The molecule has 2 aromatic carbocycles. The molecule has 0 spiro atoms. The molecule has 0 aliphatic rings. The first-order chi connectivity index (χ1) is 14.1. The Bertz CT molecular complexity index is 956. The molecular weight excluding hydrogens is 376 g/mol. The van der Waals surface area contributed by atoms with Crippen LogP contribution in [0.3, 0.4) is 0 Å². The zero-order valence-electron chi connectivity index (χ0n) is 16.5. The van der Waals surface area contributed by atoms with Gasteiger partial charge in [0.25, 0.3) is 0 Å². The minimum absolute atomic E-state index is 0.173. The van der Waals surface area contributed by atoms with E-state index < -0.39 is 0 Å². The Balaban J connectivity index is 1.91. The number of aromatic hydroxyl groups is 1. The Labute approximate surface area is 167 Å². The zero-order valence-corrected chi connectivity index (χ0v) is 16.5. The monoisotopic (exact) mass is 398 g/mol. The molecule has 0 unspecified atom stereocenters. The minimum Gasteiger partial charge on any atom is -0.508 e. The highest BCUT2D eigenvalue weighted by molar-refractivity contribution is 5.66. The quantitative estimate of drug-likeness (QED) is 0.421. The van der Waals surface area contributed by atoms with Crippen molar-refractivity contribution in [3.05, 3.63) is 36.4 Å². The number of anilines is 5. The number of phenols is 1. The molecular formula is C19H22N6O4. The molecule has 0 atom stereocenters. The first-order valence-corrected chi connectivity index (χ1v) is 8.63. The molecule has 10 nitrogen and oxygen atoms in total. The highest BCUT2D eigenvalue weighted by Gasteiger charge is 2.14. The molecule has 0 saturated carbocycles. The molecule has 0 bridgehead atoms. The molecule has 0 radical (unpaired) electrons. The molecule has 3 aromatic rings. The van der Waals surface area contributed by atoms with Gasteiger partial charge in [0.2, 0.25) is 23.6 Å². The molecule has 29 heavy (non-hydrogen) atoms. The van der Waals surface area contributed by atoms with E-state index in [4.69, 9.17) is 14.2 Å². The van der Waals surface area contributed by atoms with Crippen molar-refractivity contribution in [1.29, 1.82) is 0 Å². The second kappa shape index (κ2) is 8.83. The summed E-state index contributed by atoms with van der Waals surface area (Å²) in [5.41, 5.74) is 1.36. The van der Waals surface area contributed by atoms with Gasteiger partial charge in [-0.3, -0.25) is 0 Å². The second-order valence-corrected chi connectivity index (χ2v) is 5.77. The van der Waals surface area contributed by atoms with Crippen molar-refractivity contribution >= 4 is 29.2 Å². The topological polar surface area (TPSA) is 123 Å². The maximum Gasteiger partial charge on any atom is 0.233 e. The van der Waals surface area contributed by atoms with E-state index in [-0.39, 0.29) is 5.75 Å². The smallest absolute Gasteiger partial charge is 0.233 e. The Hall–Kier alpha value is -3.95. The number of aromatic nitrogens is 3. The maximum absolute atomic E-state index is 9.42. The lowest BCUT2D eigenvalue weighted by atomic mass is 10.2. The van der Waals surface area contributed by atoms with E-state index in [9.17, 15) is 5.11 Å². The third-order valence-electron chi connectivity index (χ3n) is 3.90. The predicted octanol–water partition coefficient (Wildman–Crippen LogP) is 3.13. The Kier molecular flexibility index (Phi) is 6.03. The highest BCUT2D eigenvalue weighted by atomic mass is 16.5. The predicted molar refractivity (Wildman–Crippen MR) is 110 cm³/mol. The summed E-state index contributed by atoms with van der Waals surface area (Å²) in [5, 5.41) is 18.5. The summed E-state index contributed by atoms with van der Waals surface area (Å²) in [6.07, 6.45) is 0. The number of benzene rings is 2. The fraction of sp³-hybridized carbons (Fsp3) is 0.211. The lowest BCUT2D eigenvalue weighted by Crippen LogP contribution is -2.07. The third kappa shape index (κ3) is 4.67. The van der Waals surface area contributed by atoms with Crippen LogP contribution in [0.25, 0.3) is 0 Å². The maximum atomic E-state index is 9.42. The summed E-state index contributed by atoms with van der Waals surface area (Å²) in [6.45, 7) is 0. The van der Waals surface area contributed by atoms with E-state index in [0.717, 1.165) is 5.69 Å². The van der Waals surface area contributed by atoms with Crippen LogP contribution in [0.1, 0.15) is 0 Å². The molecule has 4 N–H and O–H groups in total. The molecule has 0 aliphatic carbocycles. The van der Waals surface area contributed by atoms with Gasteiger partial charge in [-0.05, 0) is 24.3 Å². The number of ether oxygens (including phenoxy) is 3. The van der Waals surface area contributed by atoms with Crippen molar-refractivity contribution in [2.24, 2.45) is 0 Å². The lowest BCUT2D eigenvalue weighted by Gasteiger charge is -2.15. The van der Waals surface area contributed by atoms with Gasteiger partial charge in [-0.25, -0.2) is 0 Å². The molecule has 1 heterocycles. The number of phenolic OH excluding ortho intramolecular Hbond substituents is 1. The van der Waals surface area contributed by atoms with Crippen molar-refractivity contribution < 1.29 is 19.3 Å². The highest BCUT2D eigenvalue weighted by Crippen LogP contribution is 2.40. The summed E-state index contributed by atoms with van der Waals surface area (Å²) in [5.74, 6) is 2.66. The van der Waals surface area contributed by atoms with Crippen LogP contribution in [0.4, 0.5) is 29.2 Å². The van der Waals surface area contributed by atoms with Gasteiger partial charge >= 0.3 is 0 Å². The third-order valence-corrected chi connectivity index (χ3v) is 3.90. The van der Waals surface area contributed by atoms with Gasteiger partial charge in [-0.15, -0.1) is 0 Å². The molecule has 3 rings (SSSR count). The first kappa shape index (κ1) is 19.8. The van der Waals surface area contributed by atoms with E-state index in [2.05, 4.69) is 30.9 Å². The van der Waals surface area contributed by atoms with Crippen LogP contribution >= 0.6 is 0 Å². The van der Waals surface area contributed by atoms with Gasteiger partial charge in [0.05, 0.1) is 21.3 Å². The van der Waals surface area contributed by atoms with Gasteiger partial charge in [0.15, 0.2) is 11.5 Å². The molecule has 0 amide bonds. The average Bonchev–Trinajstić information content (AvgIpc) is 2.74. The van der Waals surface area contributed by atoms with Gasteiger partial charge in [-0.2, -0.15) is 15.0 Å². The molecule has 0 saturated heterocycles. The number of hydrogen-bond donors (Lipinski definition) is 4. The van der Waals surface area contributed by atoms with Crippen LogP contribution in [-0.4, -0.2) is 48.4 Å². The van der Waals surface area contributed by atoms with E-state index in [1.54, 1.807) is 64.8 Å². The Morgan fingerprint density at radius 1 is 0.724 bits per heavy atom. The van der Waals surface area contributed by atoms with E-state index in [1.165, 1.54) is 0 Å². The van der Waals surface area contributed by atoms with Crippen LogP contribution < -0.4 is 30.2 Å². The van der Waals surface area contributed by atoms with Gasteiger partial charge in [-0.1, -0.05) is 0 Å². The number of methoxy groups -OCH3 is 3. The van der Waals surface area contributed by atoms with Crippen LogP contribution in [0.15, 0.2) is 36.4 Å². The molecule has 10 heteroatoms. The van der Waals surface area contributed by atoms with E-state index in [1.807, 2.05) is 0 Å². The molecule has 0 aliphatic heterocycles. The fourth-order valence-electron chi connectivity index (χ4n) is 2.56. The number of nitrogens with one attached hydrogen (secondary N) is 3. The molecule has 152 valence electrons. The molecule has 0 fully saturated rings. The van der Waals surface area contributed by atoms with Crippen LogP contribution in [0.5, 0.6) is 23.0 Å². The lowest BCUT2D eigenvalue weighted by molar-refractivity contribution is 0.324. The van der Waals surface area contributed by atoms with Gasteiger partial charge < -0.3 is 35.3 Å². The summed E-state index contributed by atoms with van der Waals surface area (Å²) in [4.78, 5) is 13.0. The standard InChI is InChI=1S/C19H22N6O4/c1-20-17-23-18(21-11-5-7-13(26)8-6-11)25-19(24-17)22-12-9-14(27-2)16(29-4)15(10-12)28-3/h5-10,26H,1-4H3,(H3,20,21,22,23,24,25). The largest absolute Gasteiger partial charge is 0.508 e. The van der Waals surface area contributed by atoms with Crippen molar-refractivity contribution in [2.75, 3.05) is 44.3 Å². The summed E-state index contributed by atoms with van der Waals surface area (Å²) in [6, 6.07) is 10.1. The first-order valence-electron chi connectivity index (χ1n) is 8.63. The molecule has 1 aromatic heterocycles. The number of rotatable bonds is 8. The van der Waals surface area contributed by atoms with E-state index in [0.29, 0.717) is 40.8 Å². The second-order valence-electron chi connectivity index (χ2n) is 5.77. The summed E-state index contributed by atoms with van der Waals surface area (Å²) < 4.78 is 16.1. The minimum atomic E-state index is 0.173. The van der Waals surface area contributed by atoms with Crippen molar-refractivity contribution in [3.8, 4) is 23.0 Å². The van der Waals surface area contributed by atoms with Crippen LogP contribution in [0.2, 0.25) is 0 Å². The van der Waals surface area contributed by atoms with Gasteiger partial charge in [0, 0.05) is 30.6 Å². The normalized spacial score (nSPS) is 10.2.